The van der Waals surface area contributed by atoms with E-state index in [-0.39, 0.29) is 11.5 Å². The Hall–Kier alpha value is -1.18. The van der Waals surface area contributed by atoms with Crippen LogP contribution in [0.15, 0.2) is 6.07 Å². The lowest BCUT2D eigenvalue weighted by Crippen LogP contribution is -1.93. The predicted octanol–water partition coefficient (Wildman–Crippen LogP) is 2.67. The van der Waals surface area contributed by atoms with Crippen LogP contribution in [0.3, 0.4) is 0 Å². The van der Waals surface area contributed by atoms with Crippen molar-refractivity contribution >= 4 is 0 Å². The van der Waals surface area contributed by atoms with Crippen molar-refractivity contribution in [3.8, 4) is 11.5 Å². The first-order valence-corrected chi connectivity index (χ1v) is 4.59. The first kappa shape index (κ1) is 9.90. The molecule has 2 heteroatoms. The Morgan fingerprint density at radius 2 is 1.85 bits per heavy atom. The van der Waals surface area contributed by atoms with E-state index in [1.54, 1.807) is 6.07 Å². The van der Waals surface area contributed by atoms with Gasteiger partial charge in [0.2, 0.25) is 0 Å². The van der Waals surface area contributed by atoms with E-state index in [4.69, 9.17) is 0 Å². The monoisotopic (exact) mass is 180 g/mol. The summed E-state index contributed by atoms with van der Waals surface area (Å²) < 4.78 is 0. The summed E-state index contributed by atoms with van der Waals surface area (Å²) in [5.74, 6) is 0.0384. The van der Waals surface area contributed by atoms with Crippen LogP contribution < -0.4 is 0 Å². The number of aryl methyl sites for hydroxylation is 1. The molecule has 0 amide bonds. The minimum absolute atomic E-state index is 0.00782. The van der Waals surface area contributed by atoms with Gasteiger partial charge in [-0.05, 0) is 37.5 Å². The fourth-order valence-corrected chi connectivity index (χ4v) is 1.51. The Balaban J connectivity index is 3.28. The second-order valence-electron chi connectivity index (χ2n) is 3.41. The summed E-state index contributed by atoms with van der Waals surface area (Å²) in [7, 11) is 0. The van der Waals surface area contributed by atoms with Gasteiger partial charge in [0.15, 0.2) is 11.5 Å². The molecule has 0 spiro atoms. The van der Waals surface area contributed by atoms with Crippen LogP contribution in [0.25, 0.3) is 0 Å². The van der Waals surface area contributed by atoms with Gasteiger partial charge in [-0.1, -0.05) is 13.3 Å². The third-order valence-corrected chi connectivity index (χ3v) is 2.43. The molecule has 1 aromatic rings. The zero-order chi connectivity index (χ0) is 10.0. The molecule has 1 rings (SSSR count). The summed E-state index contributed by atoms with van der Waals surface area (Å²) in [5, 5.41) is 19.0. The van der Waals surface area contributed by atoms with Crippen LogP contribution >= 0.6 is 0 Å². The van der Waals surface area contributed by atoms with Gasteiger partial charge in [0.1, 0.15) is 0 Å². The smallest absolute Gasteiger partial charge is 0.160 e. The molecule has 0 aliphatic heterocycles. The van der Waals surface area contributed by atoms with E-state index in [1.165, 1.54) is 0 Å². The highest BCUT2D eigenvalue weighted by molar-refractivity contribution is 5.52. The van der Waals surface area contributed by atoms with Crippen LogP contribution in [0.2, 0.25) is 0 Å². The standard InChI is InChI=1S/C11H16O2/c1-4-5-9-8(3)7(2)6-10(12)11(9)13/h6,12-13H,4-5H2,1-3H3. The van der Waals surface area contributed by atoms with Crippen molar-refractivity contribution < 1.29 is 10.2 Å². The van der Waals surface area contributed by atoms with Crippen molar-refractivity contribution in [2.75, 3.05) is 0 Å². The van der Waals surface area contributed by atoms with E-state index in [1.807, 2.05) is 13.8 Å². The van der Waals surface area contributed by atoms with Crippen LogP contribution in [0.4, 0.5) is 0 Å². The van der Waals surface area contributed by atoms with Gasteiger partial charge in [-0.3, -0.25) is 0 Å². The minimum atomic E-state index is -0.00782. The Morgan fingerprint density at radius 1 is 1.23 bits per heavy atom. The van der Waals surface area contributed by atoms with E-state index >= 15 is 0 Å². The molecule has 1 aromatic carbocycles. The minimum Gasteiger partial charge on any atom is -0.504 e. The topological polar surface area (TPSA) is 40.5 Å². The summed E-state index contributed by atoms with van der Waals surface area (Å²) in [4.78, 5) is 0. The zero-order valence-electron chi connectivity index (χ0n) is 8.39. The molecule has 0 unspecified atom stereocenters. The number of benzene rings is 1. The molecule has 72 valence electrons. The van der Waals surface area contributed by atoms with Gasteiger partial charge in [-0.15, -0.1) is 0 Å². The molecule has 13 heavy (non-hydrogen) atoms. The maximum Gasteiger partial charge on any atom is 0.160 e. The summed E-state index contributed by atoms with van der Waals surface area (Å²) >= 11 is 0. The first-order chi connectivity index (χ1) is 6.07. The molecule has 0 heterocycles. The molecular formula is C11H16O2. The summed E-state index contributed by atoms with van der Waals surface area (Å²) in [5.41, 5.74) is 2.98. The predicted molar refractivity (Wildman–Crippen MR) is 53.2 cm³/mol. The molecule has 2 N–H and O–H groups in total. The Morgan fingerprint density at radius 3 is 2.38 bits per heavy atom. The summed E-state index contributed by atoms with van der Waals surface area (Å²) in [6, 6.07) is 1.60. The van der Waals surface area contributed by atoms with Crippen LogP contribution in [-0.4, -0.2) is 10.2 Å². The lowest BCUT2D eigenvalue weighted by molar-refractivity contribution is 0.398. The number of hydrogen-bond donors (Lipinski definition) is 2. The van der Waals surface area contributed by atoms with Crippen molar-refractivity contribution in [3.63, 3.8) is 0 Å². The van der Waals surface area contributed by atoms with Crippen molar-refractivity contribution in [1.82, 2.24) is 0 Å². The zero-order valence-corrected chi connectivity index (χ0v) is 8.39. The molecule has 0 aliphatic rings. The highest BCUT2D eigenvalue weighted by atomic mass is 16.3. The van der Waals surface area contributed by atoms with Gasteiger partial charge in [0.25, 0.3) is 0 Å². The maximum atomic E-state index is 9.58. The van der Waals surface area contributed by atoms with Gasteiger partial charge in [-0.2, -0.15) is 0 Å². The van der Waals surface area contributed by atoms with E-state index in [9.17, 15) is 10.2 Å². The first-order valence-electron chi connectivity index (χ1n) is 4.59. The van der Waals surface area contributed by atoms with Crippen LogP contribution in [-0.2, 0) is 6.42 Å². The fraction of sp³-hybridized carbons (Fsp3) is 0.455. The molecule has 0 saturated heterocycles. The van der Waals surface area contributed by atoms with E-state index in [0.717, 1.165) is 29.5 Å². The number of rotatable bonds is 2. The quantitative estimate of drug-likeness (QED) is 0.687. The molecule has 2 nitrogen and oxygen atoms in total. The molecule has 0 saturated carbocycles. The van der Waals surface area contributed by atoms with Crippen LogP contribution in [0.5, 0.6) is 11.5 Å². The summed E-state index contributed by atoms with van der Waals surface area (Å²) in [6.07, 6.45) is 1.78. The van der Waals surface area contributed by atoms with Crippen molar-refractivity contribution in [2.24, 2.45) is 0 Å². The van der Waals surface area contributed by atoms with Gasteiger partial charge in [-0.25, -0.2) is 0 Å². The van der Waals surface area contributed by atoms with Crippen LogP contribution in [0.1, 0.15) is 30.0 Å². The highest BCUT2D eigenvalue weighted by Crippen LogP contribution is 2.34. The molecule has 0 atom stereocenters. The molecular weight excluding hydrogens is 164 g/mol. The van der Waals surface area contributed by atoms with E-state index in [2.05, 4.69) is 6.92 Å². The number of hydrogen-bond acceptors (Lipinski definition) is 2. The Bertz CT molecular complexity index is 290. The van der Waals surface area contributed by atoms with Crippen molar-refractivity contribution in [3.05, 3.63) is 22.8 Å². The molecule has 0 bridgehead atoms. The third-order valence-electron chi connectivity index (χ3n) is 2.43. The van der Waals surface area contributed by atoms with E-state index < -0.39 is 0 Å². The summed E-state index contributed by atoms with van der Waals surface area (Å²) in [6.45, 7) is 5.96. The molecule has 0 radical (unpaired) electrons. The third kappa shape index (κ3) is 1.77. The lowest BCUT2D eigenvalue weighted by Gasteiger charge is -2.11. The van der Waals surface area contributed by atoms with Crippen LogP contribution in [0, 0.1) is 13.8 Å². The van der Waals surface area contributed by atoms with Crippen molar-refractivity contribution in [1.29, 1.82) is 0 Å². The average Bonchev–Trinajstić information content (AvgIpc) is 2.09. The maximum absolute atomic E-state index is 9.58. The van der Waals surface area contributed by atoms with Gasteiger partial charge >= 0.3 is 0 Å². The Kier molecular flexibility index (Phi) is 2.81. The largest absolute Gasteiger partial charge is 0.504 e. The Labute approximate surface area is 78.8 Å². The lowest BCUT2D eigenvalue weighted by atomic mass is 9.98. The number of phenols is 2. The normalized spacial score (nSPS) is 10.4. The van der Waals surface area contributed by atoms with Crippen molar-refractivity contribution in [2.45, 2.75) is 33.6 Å². The van der Waals surface area contributed by atoms with Gasteiger partial charge in [0, 0.05) is 5.56 Å². The highest BCUT2D eigenvalue weighted by Gasteiger charge is 2.10. The SMILES string of the molecule is CCCc1c(C)c(C)cc(O)c1O. The molecule has 0 aliphatic carbocycles. The number of aromatic hydroxyl groups is 2. The molecule has 0 fully saturated rings. The van der Waals surface area contributed by atoms with E-state index in [0.29, 0.717) is 0 Å². The average molecular weight is 180 g/mol. The number of phenolic OH excluding ortho intramolecular Hbond substituents is 2. The molecule has 0 aromatic heterocycles. The fourth-order valence-electron chi connectivity index (χ4n) is 1.51. The second kappa shape index (κ2) is 3.69. The second-order valence-corrected chi connectivity index (χ2v) is 3.41. The van der Waals surface area contributed by atoms with Gasteiger partial charge < -0.3 is 10.2 Å². The van der Waals surface area contributed by atoms with Gasteiger partial charge in [0.05, 0.1) is 0 Å².